The summed E-state index contributed by atoms with van der Waals surface area (Å²) >= 11 is 0. The van der Waals surface area contributed by atoms with Crippen molar-refractivity contribution in [1.82, 2.24) is 10.1 Å². The topological polar surface area (TPSA) is 64.9 Å². The van der Waals surface area contributed by atoms with Gasteiger partial charge in [0.15, 0.2) is 5.82 Å². The van der Waals surface area contributed by atoms with Gasteiger partial charge in [-0.25, -0.2) is 0 Å². The van der Waals surface area contributed by atoms with Crippen LogP contribution in [0.2, 0.25) is 0 Å². The average molecular weight is 275 g/mol. The minimum atomic E-state index is -0.366. The molecule has 110 valence electrons. The summed E-state index contributed by atoms with van der Waals surface area (Å²) in [7, 11) is 0. The van der Waals surface area contributed by atoms with Gasteiger partial charge in [0.25, 0.3) is 0 Å². The fraction of sp³-hybridized carbons (Fsp3) is 0.875. The van der Waals surface area contributed by atoms with E-state index in [9.17, 15) is 0 Å². The molecule has 0 radical (unpaired) electrons. The van der Waals surface area contributed by atoms with Crippen molar-refractivity contribution in [3.63, 3.8) is 0 Å². The van der Waals surface area contributed by atoms with Crippen LogP contribution in [0.3, 0.4) is 0 Å². The molecule has 3 atom stereocenters. The fourth-order valence-electron chi connectivity index (χ4n) is 4.64. The SMILES string of the molecule is CC1CCC(N)(c2nc(C3CC4CCC3C4)no2)CC1. The summed E-state index contributed by atoms with van der Waals surface area (Å²) in [4.78, 5) is 4.73. The van der Waals surface area contributed by atoms with E-state index in [-0.39, 0.29) is 5.54 Å². The molecule has 2 bridgehead atoms. The van der Waals surface area contributed by atoms with E-state index in [1.54, 1.807) is 0 Å². The van der Waals surface area contributed by atoms with E-state index in [1.165, 1.54) is 38.5 Å². The smallest absolute Gasteiger partial charge is 0.246 e. The summed E-state index contributed by atoms with van der Waals surface area (Å²) in [6, 6.07) is 0. The van der Waals surface area contributed by atoms with Gasteiger partial charge in [-0.1, -0.05) is 18.5 Å². The highest BCUT2D eigenvalue weighted by atomic mass is 16.5. The van der Waals surface area contributed by atoms with Crippen molar-refractivity contribution in [3.8, 4) is 0 Å². The summed E-state index contributed by atoms with van der Waals surface area (Å²) in [5, 5.41) is 4.29. The first-order chi connectivity index (χ1) is 9.64. The Labute approximate surface area is 120 Å². The average Bonchev–Trinajstić information content (AvgIpc) is 3.17. The van der Waals surface area contributed by atoms with E-state index in [1.807, 2.05) is 0 Å². The van der Waals surface area contributed by atoms with Crippen LogP contribution in [0.15, 0.2) is 4.52 Å². The number of aromatic nitrogens is 2. The Kier molecular flexibility index (Phi) is 2.92. The van der Waals surface area contributed by atoms with Gasteiger partial charge in [-0.2, -0.15) is 4.98 Å². The van der Waals surface area contributed by atoms with Gasteiger partial charge in [0.1, 0.15) is 0 Å². The summed E-state index contributed by atoms with van der Waals surface area (Å²) < 4.78 is 5.58. The predicted octanol–water partition coefficient (Wildman–Crippen LogP) is 3.34. The van der Waals surface area contributed by atoms with Crippen LogP contribution in [0.4, 0.5) is 0 Å². The molecule has 2 N–H and O–H groups in total. The maximum Gasteiger partial charge on any atom is 0.246 e. The molecule has 1 aromatic heterocycles. The highest BCUT2D eigenvalue weighted by Crippen LogP contribution is 2.52. The van der Waals surface area contributed by atoms with Crippen LogP contribution in [0.25, 0.3) is 0 Å². The molecule has 3 unspecified atom stereocenters. The molecule has 3 fully saturated rings. The molecule has 20 heavy (non-hydrogen) atoms. The third-order valence-electron chi connectivity index (χ3n) is 6.10. The molecule has 0 aliphatic heterocycles. The predicted molar refractivity (Wildman–Crippen MR) is 76.0 cm³/mol. The van der Waals surface area contributed by atoms with E-state index in [2.05, 4.69) is 12.1 Å². The van der Waals surface area contributed by atoms with Crippen LogP contribution in [0.5, 0.6) is 0 Å². The van der Waals surface area contributed by atoms with E-state index >= 15 is 0 Å². The zero-order valence-electron chi connectivity index (χ0n) is 12.3. The molecule has 0 amide bonds. The lowest BCUT2D eigenvalue weighted by molar-refractivity contribution is 0.190. The fourth-order valence-corrected chi connectivity index (χ4v) is 4.64. The molecule has 3 aliphatic carbocycles. The van der Waals surface area contributed by atoms with Crippen molar-refractivity contribution in [1.29, 1.82) is 0 Å². The number of hydrogen-bond acceptors (Lipinski definition) is 4. The second kappa shape index (κ2) is 4.55. The first-order valence-electron chi connectivity index (χ1n) is 8.27. The zero-order chi connectivity index (χ0) is 13.7. The largest absolute Gasteiger partial charge is 0.337 e. The summed E-state index contributed by atoms with van der Waals surface area (Å²) in [6.07, 6.45) is 9.69. The molecule has 0 saturated heterocycles. The lowest BCUT2D eigenvalue weighted by atomic mass is 9.77. The van der Waals surface area contributed by atoms with Crippen LogP contribution in [0, 0.1) is 17.8 Å². The minimum absolute atomic E-state index is 0.366. The highest BCUT2D eigenvalue weighted by Gasteiger charge is 2.44. The number of nitrogens with zero attached hydrogens (tertiary/aromatic N) is 2. The Hall–Kier alpha value is -0.900. The Morgan fingerprint density at radius 1 is 1.15 bits per heavy atom. The van der Waals surface area contributed by atoms with Crippen molar-refractivity contribution < 1.29 is 4.52 Å². The van der Waals surface area contributed by atoms with E-state index in [0.717, 1.165) is 36.4 Å². The van der Waals surface area contributed by atoms with Crippen LogP contribution in [0.1, 0.15) is 75.9 Å². The second-order valence-electron chi connectivity index (χ2n) is 7.58. The van der Waals surface area contributed by atoms with Crippen LogP contribution >= 0.6 is 0 Å². The van der Waals surface area contributed by atoms with Gasteiger partial charge < -0.3 is 10.3 Å². The third-order valence-corrected chi connectivity index (χ3v) is 6.10. The molecule has 1 heterocycles. The molecule has 3 aliphatic rings. The normalized spacial score (nSPS) is 44.1. The van der Waals surface area contributed by atoms with Crippen LogP contribution < -0.4 is 5.73 Å². The standard InChI is InChI=1S/C16H25N3O/c1-10-4-6-16(17,7-5-10)15-18-14(19-20-15)13-9-11-2-3-12(13)8-11/h10-13H,2-9,17H2,1H3. The lowest BCUT2D eigenvalue weighted by Gasteiger charge is -2.32. The molecular weight excluding hydrogens is 250 g/mol. The first-order valence-corrected chi connectivity index (χ1v) is 8.27. The van der Waals surface area contributed by atoms with Crippen molar-refractivity contribution in [2.45, 2.75) is 69.7 Å². The van der Waals surface area contributed by atoms with Crippen LogP contribution in [-0.4, -0.2) is 10.1 Å². The van der Waals surface area contributed by atoms with Crippen molar-refractivity contribution in [3.05, 3.63) is 11.7 Å². The lowest BCUT2D eigenvalue weighted by Crippen LogP contribution is -2.40. The van der Waals surface area contributed by atoms with Gasteiger partial charge in [0.2, 0.25) is 5.89 Å². The molecule has 0 aromatic carbocycles. The van der Waals surface area contributed by atoms with Crippen LogP contribution in [-0.2, 0) is 5.54 Å². The van der Waals surface area contributed by atoms with E-state index < -0.39 is 0 Å². The van der Waals surface area contributed by atoms with Gasteiger partial charge in [-0.15, -0.1) is 0 Å². The maximum atomic E-state index is 6.53. The Balaban J connectivity index is 1.53. The van der Waals surface area contributed by atoms with Gasteiger partial charge in [0.05, 0.1) is 5.54 Å². The van der Waals surface area contributed by atoms with Gasteiger partial charge in [0, 0.05) is 5.92 Å². The van der Waals surface area contributed by atoms with E-state index in [4.69, 9.17) is 15.2 Å². The highest BCUT2D eigenvalue weighted by molar-refractivity contribution is 5.10. The summed E-state index contributed by atoms with van der Waals surface area (Å²) in [5.74, 6) is 4.66. The first kappa shape index (κ1) is 12.8. The molecule has 1 aromatic rings. The quantitative estimate of drug-likeness (QED) is 0.899. The molecule has 4 rings (SSSR count). The zero-order valence-corrected chi connectivity index (χ0v) is 12.3. The number of hydrogen-bond donors (Lipinski definition) is 1. The van der Waals surface area contributed by atoms with Gasteiger partial charge in [-0.3, -0.25) is 0 Å². The second-order valence-corrected chi connectivity index (χ2v) is 7.58. The number of rotatable bonds is 2. The van der Waals surface area contributed by atoms with E-state index in [0.29, 0.717) is 11.8 Å². The van der Waals surface area contributed by atoms with Crippen molar-refractivity contribution in [2.75, 3.05) is 0 Å². The third kappa shape index (κ3) is 2.00. The molecular formula is C16H25N3O. The Morgan fingerprint density at radius 3 is 2.60 bits per heavy atom. The van der Waals surface area contributed by atoms with Crippen molar-refractivity contribution in [2.24, 2.45) is 23.5 Å². The number of fused-ring (bicyclic) bond motifs is 2. The monoisotopic (exact) mass is 275 g/mol. The maximum absolute atomic E-state index is 6.53. The molecule has 0 spiro atoms. The minimum Gasteiger partial charge on any atom is -0.337 e. The van der Waals surface area contributed by atoms with Gasteiger partial charge >= 0.3 is 0 Å². The number of nitrogens with two attached hydrogens (primary N) is 1. The molecule has 3 saturated carbocycles. The molecule has 4 heteroatoms. The Morgan fingerprint density at radius 2 is 1.95 bits per heavy atom. The summed E-state index contributed by atoms with van der Waals surface area (Å²) in [5.41, 5.74) is 6.17. The molecule has 4 nitrogen and oxygen atoms in total. The Bertz CT molecular complexity index is 490. The summed E-state index contributed by atoms with van der Waals surface area (Å²) in [6.45, 7) is 2.30. The van der Waals surface area contributed by atoms with Crippen molar-refractivity contribution >= 4 is 0 Å². The van der Waals surface area contributed by atoms with Gasteiger partial charge in [-0.05, 0) is 62.7 Å².